The van der Waals surface area contributed by atoms with Gasteiger partial charge in [0.05, 0.1) is 10.0 Å². The molecule has 0 amide bonds. The molecule has 0 aliphatic carbocycles. The van der Waals surface area contributed by atoms with Crippen LogP contribution in [0.4, 0.5) is 0 Å². The third kappa shape index (κ3) is 1.89. The average Bonchev–Trinajstić information content (AvgIpc) is 2.81. The number of H-pyrrole nitrogens is 1. The molecular formula is C14H8Cl3N. The van der Waals surface area contributed by atoms with Crippen molar-refractivity contribution in [3.63, 3.8) is 0 Å². The van der Waals surface area contributed by atoms with E-state index in [0.717, 1.165) is 22.0 Å². The second-order valence-corrected chi connectivity index (χ2v) is 5.22. The smallest absolute Gasteiger partial charge is 0.0671 e. The lowest BCUT2D eigenvalue weighted by Crippen LogP contribution is -1.83. The Kier molecular flexibility index (Phi) is 2.98. The molecule has 0 bridgehead atoms. The molecular weight excluding hydrogens is 289 g/mol. The quantitative estimate of drug-likeness (QED) is 0.547. The Morgan fingerprint density at radius 1 is 0.889 bits per heavy atom. The lowest BCUT2D eigenvalue weighted by Gasteiger charge is -2.08. The predicted molar refractivity (Wildman–Crippen MR) is 78.8 cm³/mol. The first-order chi connectivity index (χ1) is 8.66. The van der Waals surface area contributed by atoms with Crippen molar-refractivity contribution < 1.29 is 0 Å². The lowest BCUT2D eigenvalue weighted by atomic mass is 10.0. The molecule has 3 rings (SSSR count). The van der Waals surface area contributed by atoms with Gasteiger partial charge in [0, 0.05) is 27.7 Å². The van der Waals surface area contributed by atoms with E-state index in [2.05, 4.69) is 4.98 Å². The number of aromatic amines is 1. The fraction of sp³-hybridized carbons (Fsp3) is 0. The monoisotopic (exact) mass is 295 g/mol. The fourth-order valence-corrected chi connectivity index (χ4v) is 2.78. The number of hydrogen-bond acceptors (Lipinski definition) is 0. The molecule has 1 aromatic heterocycles. The van der Waals surface area contributed by atoms with Crippen LogP contribution >= 0.6 is 34.8 Å². The Balaban J connectivity index is 2.36. The van der Waals surface area contributed by atoms with Crippen LogP contribution in [0.3, 0.4) is 0 Å². The van der Waals surface area contributed by atoms with Crippen molar-refractivity contribution in [1.29, 1.82) is 0 Å². The zero-order valence-electron chi connectivity index (χ0n) is 9.18. The van der Waals surface area contributed by atoms with E-state index in [0.29, 0.717) is 15.1 Å². The van der Waals surface area contributed by atoms with E-state index in [1.807, 2.05) is 36.5 Å². The first kappa shape index (κ1) is 11.9. The van der Waals surface area contributed by atoms with E-state index in [9.17, 15) is 0 Å². The highest BCUT2D eigenvalue weighted by molar-refractivity contribution is 6.45. The molecule has 90 valence electrons. The average molecular weight is 297 g/mol. The molecule has 0 saturated carbocycles. The van der Waals surface area contributed by atoms with Crippen LogP contribution in [0.15, 0.2) is 42.6 Å². The SMILES string of the molecule is Clc1cc(Cl)c(Cl)c(-c2cccc3[nH]ccc23)c1. The minimum Gasteiger partial charge on any atom is -0.361 e. The van der Waals surface area contributed by atoms with Crippen LogP contribution < -0.4 is 0 Å². The summed E-state index contributed by atoms with van der Waals surface area (Å²) in [5.74, 6) is 0. The van der Waals surface area contributed by atoms with Crippen molar-refractivity contribution in [2.45, 2.75) is 0 Å². The van der Waals surface area contributed by atoms with Gasteiger partial charge >= 0.3 is 0 Å². The number of hydrogen-bond donors (Lipinski definition) is 1. The molecule has 1 N–H and O–H groups in total. The number of halogens is 3. The third-order valence-electron chi connectivity index (χ3n) is 2.88. The van der Waals surface area contributed by atoms with Crippen molar-refractivity contribution in [2.75, 3.05) is 0 Å². The van der Waals surface area contributed by atoms with Crippen LogP contribution in [0.1, 0.15) is 0 Å². The summed E-state index contributed by atoms with van der Waals surface area (Å²) >= 11 is 18.4. The van der Waals surface area contributed by atoms with Crippen LogP contribution in [-0.4, -0.2) is 4.98 Å². The number of fused-ring (bicyclic) bond motifs is 1. The molecule has 0 aliphatic rings. The number of nitrogens with one attached hydrogen (secondary N) is 1. The molecule has 0 atom stereocenters. The summed E-state index contributed by atoms with van der Waals surface area (Å²) in [6.45, 7) is 0. The Hall–Kier alpha value is -1.15. The normalized spacial score (nSPS) is 11.1. The van der Waals surface area contributed by atoms with Crippen molar-refractivity contribution in [1.82, 2.24) is 4.98 Å². The topological polar surface area (TPSA) is 15.8 Å². The molecule has 0 aliphatic heterocycles. The van der Waals surface area contributed by atoms with E-state index in [1.165, 1.54) is 0 Å². The predicted octanol–water partition coefficient (Wildman–Crippen LogP) is 5.80. The van der Waals surface area contributed by atoms with Gasteiger partial charge < -0.3 is 4.98 Å². The van der Waals surface area contributed by atoms with Crippen molar-refractivity contribution in [3.05, 3.63) is 57.7 Å². The van der Waals surface area contributed by atoms with Crippen LogP contribution in [0.5, 0.6) is 0 Å². The summed E-state index contributed by atoms with van der Waals surface area (Å²) in [6, 6.07) is 11.5. The van der Waals surface area contributed by atoms with Gasteiger partial charge in [0.15, 0.2) is 0 Å². The van der Waals surface area contributed by atoms with E-state index in [4.69, 9.17) is 34.8 Å². The number of rotatable bonds is 1. The van der Waals surface area contributed by atoms with Crippen LogP contribution in [0, 0.1) is 0 Å². The molecule has 0 radical (unpaired) electrons. The first-order valence-corrected chi connectivity index (χ1v) is 6.51. The maximum atomic E-state index is 6.27. The van der Waals surface area contributed by atoms with Crippen LogP contribution in [-0.2, 0) is 0 Å². The van der Waals surface area contributed by atoms with E-state index < -0.39 is 0 Å². The Bertz CT molecular complexity index is 731. The minimum atomic E-state index is 0.465. The van der Waals surface area contributed by atoms with Gasteiger partial charge in [0.1, 0.15) is 0 Å². The highest BCUT2D eigenvalue weighted by Crippen LogP contribution is 2.39. The second kappa shape index (κ2) is 4.51. The molecule has 2 aromatic carbocycles. The van der Waals surface area contributed by atoms with E-state index in [-0.39, 0.29) is 0 Å². The molecule has 1 heterocycles. The first-order valence-electron chi connectivity index (χ1n) is 5.38. The molecule has 18 heavy (non-hydrogen) atoms. The van der Waals surface area contributed by atoms with Crippen LogP contribution in [0.2, 0.25) is 15.1 Å². The summed E-state index contributed by atoms with van der Waals surface area (Å²) in [7, 11) is 0. The van der Waals surface area contributed by atoms with Gasteiger partial charge in [-0.05, 0) is 29.8 Å². The summed E-state index contributed by atoms with van der Waals surface area (Å²) < 4.78 is 0. The molecule has 0 fully saturated rings. The lowest BCUT2D eigenvalue weighted by molar-refractivity contribution is 1.48. The van der Waals surface area contributed by atoms with Gasteiger partial charge in [-0.1, -0.05) is 46.9 Å². The van der Waals surface area contributed by atoms with Gasteiger partial charge in [-0.15, -0.1) is 0 Å². The van der Waals surface area contributed by atoms with Gasteiger partial charge in [0.25, 0.3) is 0 Å². The van der Waals surface area contributed by atoms with E-state index in [1.54, 1.807) is 6.07 Å². The summed E-state index contributed by atoms with van der Waals surface area (Å²) in [5.41, 5.74) is 2.92. The Morgan fingerprint density at radius 3 is 2.56 bits per heavy atom. The van der Waals surface area contributed by atoms with E-state index >= 15 is 0 Å². The number of benzene rings is 2. The molecule has 0 unspecified atom stereocenters. The van der Waals surface area contributed by atoms with Gasteiger partial charge in [0.2, 0.25) is 0 Å². The van der Waals surface area contributed by atoms with Crippen molar-refractivity contribution >= 4 is 45.7 Å². The molecule has 4 heteroatoms. The molecule has 1 nitrogen and oxygen atoms in total. The molecule has 3 aromatic rings. The molecule has 0 saturated heterocycles. The maximum absolute atomic E-state index is 6.27. The largest absolute Gasteiger partial charge is 0.361 e. The number of aromatic nitrogens is 1. The summed E-state index contributed by atoms with van der Waals surface area (Å²) in [5, 5.41) is 2.66. The second-order valence-electron chi connectivity index (χ2n) is 3.99. The maximum Gasteiger partial charge on any atom is 0.0671 e. The zero-order valence-corrected chi connectivity index (χ0v) is 11.4. The van der Waals surface area contributed by atoms with Crippen LogP contribution in [0.25, 0.3) is 22.0 Å². The van der Waals surface area contributed by atoms with Gasteiger partial charge in [-0.2, -0.15) is 0 Å². The van der Waals surface area contributed by atoms with Gasteiger partial charge in [-0.3, -0.25) is 0 Å². The summed E-state index contributed by atoms with van der Waals surface area (Å²) in [6.07, 6.45) is 1.90. The third-order valence-corrected chi connectivity index (χ3v) is 3.90. The van der Waals surface area contributed by atoms with Crippen molar-refractivity contribution in [2.24, 2.45) is 0 Å². The minimum absolute atomic E-state index is 0.465. The Labute approximate surface area is 119 Å². The summed E-state index contributed by atoms with van der Waals surface area (Å²) in [4.78, 5) is 3.17. The van der Waals surface area contributed by atoms with Crippen molar-refractivity contribution in [3.8, 4) is 11.1 Å². The zero-order chi connectivity index (χ0) is 12.7. The fourth-order valence-electron chi connectivity index (χ4n) is 2.07. The highest BCUT2D eigenvalue weighted by Gasteiger charge is 2.12. The molecule has 0 spiro atoms. The van der Waals surface area contributed by atoms with Gasteiger partial charge in [-0.25, -0.2) is 0 Å². The highest BCUT2D eigenvalue weighted by atomic mass is 35.5. The Morgan fingerprint density at radius 2 is 1.72 bits per heavy atom. The standard InChI is InChI=1S/C14H8Cl3N/c15-8-6-11(14(17)12(16)7-8)9-2-1-3-13-10(9)4-5-18-13/h1-7,18H.